The molecule has 1 atom stereocenters. The highest BCUT2D eigenvalue weighted by Gasteiger charge is 2.35. The van der Waals surface area contributed by atoms with Crippen molar-refractivity contribution in [3.63, 3.8) is 0 Å². The Morgan fingerprint density at radius 2 is 1.76 bits per heavy atom. The van der Waals surface area contributed by atoms with Crippen LogP contribution in [0.25, 0.3) is 10.8 Å². The number of carbonyl (C=O) groups excluding carboxylic acids is 2. The number of rotatable bonds is 3. The highest BCUT2D eigenvalue weighted by molar-refractivity contribution is 6.30. The zero-order valence-corrected chi connectivity index (χ0v) is 16.5. The van der Waals surface area contributed by atoms with Gasteiger partial charge in [-0.2, -0.15) is 5.01 Å². The van der Waals surface area contributed by atoms with Crippen molar-refractivity contribution in [1.29, 1.82) is 0 Å². The number of hydrogen-bond acceptors (Lipinski definition) is 5. The molecule has 4 rings (SSSR count). The van der Waals surface area contributed by atoms with Crippen LogP contribution in [0.1, 0.15) is 31.2 Å². The van der Waals surface area contributed by atoms with E-state index < -0.39 is 12.2 Å². The van der Waals surface area contributed by atoms with Gasteiger partial charge in [-0.15, -0.1) is 5.10 Å². The van der Waals surface area contributed by atoms with Gasteiger partial charge in [0.05, 0.1) is 5.56 Å². The maximum Gasteiger partial charge on any atom is 0.308 e. The summed E-state index contributed by atoms with van der Waals surface area (Å²) in [5, 5.41) is 7.97. The second kappa shape index (κ2) is 7.56. The highest BCUT2D eigenvalue weighted by Crippen LogP contribution is 2.36. The van der Waals surface area contributed by atoms with Crippen molar-refractivity contribution in [2.75, 3.05) is 0 Å². The molecule has 0 saturated carbocycles. The van der Waals surface area contributed by atoms with Crippen LogP contribution in [-0.4, -0.2) is 22.8 Å². The number of benzene rings is 3. The van der Waals surface area contributed by atoms with Crippen LogP contribution in [0.2, 0.25) is 5.02 Å². The van der Waals surface area contributed by atoms with Gasteiger partial charge in [-0.05, 0) is 29.0 Å². The van der Waals surface area contributed by atoms with E-state index in [4.69, 9.17) is 21.1 Å². The minimum Gasteiger partial charge on any atom is -0.446 e. The molecule has 0 N–H and O–H groups in total. The van der Waals surface area contributed by atoms with E-state index >= 15 is 0 Å². The first-order valence-corrected chi connectivity index (χ1v) is 9.33. The van der Waals surface area contributed by atoms with E-state index in [1.807, 2.05) is 30.3 Å². The second-order valence-corrected chi connectivity index (χ2v) is 6.98. The van der Waals surface area contributed by atoms with Crippen LogP contribution in [0, 0.1) is 0 Å². The molecular weight excluding hydrogens is 392 g/mol. The summed E-state index contributed by atoms with van der Waals surface area (Å²) < 4.78 is 11.5. The van der Waals surface area contributed by atoms with Crippen molar-refractivity contribution < 1.29 is 19.1 Å². The summed E-state index contributed by atoms with van der Waals surface area (Å²) in [6.45, 7) is 2.74. The zero-order valence-electron chi connectivity index (χ0n) is 15.8. The molecule has 1 aliphatic rings. The Balaban J connectivity index is 1.84. The molecule has 6 nitrogen and oxygen atoms in total. The van der Waals surface area contributed by atoms with Crippen molar-refractivity contribution in [3.05, 3.63) is 76.8 Å². The fourth-order valence-corrected chi connectivity index (χ4v) is 3.35. The van der Waals surface area contributed by atoms with Crippen LogP contribution in [0.5, 0.6) is 5.75 Å². The maximum atomic E-state index is 12.2. The molecule has 146 valence electrons. The van der Waals surface area contributed by atoms with E-state index in [2.05, 4.69) is 5.10 Å². The molecule has 1 aliphatic heterocycles. The molecule has 0 saturated heterocycles. The first-order valence-electron chi connectivity index (χ1n) is 8.95. The standard InChI is InChI=1S/C22H17ClN2O4/c1-13(26)25-22(16-7-10-17(23)11-8-16)29-21(24-25)20-18-6-4-3-5-15(18)9-12-19(20)28-14(2)27/h3-12,22H,1-2H3. The fraction of sp³-hybridized carbons (Fsp3) is 0.136. The Kier molecular flexibility index (Phi) is 4.94. The SMILES string of the molecule is CC(=O)Oc1ccc2ccccc2c1C1=NN(C(C)=O)C(c2ccc(Cl)cc2)O1. The average Bonchev–Trinajstić information content (AvgIpc) is 3.13. The molecule has 1 amide bonds. The van der Waals surface area contributed by atoms with Gasteiger partial charge in [0, 0.05) is 24.4 Å². The Labute approximate surface area is 172 Å². The Morgan fingerprint density at radius 1 is 1.03 bits per heavy atom. The van der Waals surface area contributed by atoms with Crippen LogP contribution < -0.4 is 4.74 Å². The Bertz CT molecular complexity index is 1140. The third kappa shape index (κ3) is 3.67. The number of amides is 1. The third-order valence-electron chi connectivity index (χ3n) is 4.48. The highest BCUT2D eigenvalue weighted by atomic mass is 35.5. The minimum atomic E-state index is -0.746. The lowest BCUT2D eigenvalue weighted by Crippen LogP contribution is -2.25. The number of halogens is 1. The van der Waals surface area contributed by atoms with Gasteiger partial charge in [0.15, 0.2) is 0 Å². The van der Waals surface area contributed by atoms with Crippen LogP contribution >= 0.6 is 11.6 Å². The quantitative estimate of drug-likeness (QED) is 0.467. The number of esters is 1. The number of ether oxygens (including phenoxy) is 2. The van der Waals surface area contributed by atoms with Crippen LogP contribution in [-0.2, 0) is 14.3 Å². The van der Waals surface area contributed by atoms with Gasteiger partial charge >= 0.3 is 5.97 Å². The number of hydrazone groups is 1. The summed E-state index contributed by atoms with van der Waals surface area (Å²) in [7, 11) is 0. The number of fused-ring (bicyclic) bond motifs is 1. The molecule has 3 aromatic carbocycles. The lowest BCUT2D eigenvalue weighted by Gasteiger charge is -2.19. The van der Waals surface area contributed by atoms with Gasteiger partial charge in [0.25, 0.3) is 0 Å². The smallest absolute Gasteiger partial charge is 0.308 e. The number of hydrogen-bond donors (Lipinski definition) is 0. The lowest BCUT2D eigenvalue weighted by molar-refractivity contribution is -0.135. The zero-order chi connectivity index (χ0) is 20.5. The van der Waals surface area contributed by atoms with Gasteiger partial charge in [-0.3, -0.25) is 9.59 Å². The molecule has 0 spiro atoms. The predicted octanol–water partition coefficient (Wildman–Crippen LogP) is 4.66. The molecule has 29 heavy (non-hydrogen) atoms. The molecule has 7 heteroatoms. The van der Waals surface area contributed by atoms with Crippen molar-refractivity contribution in [2.24, 2.45) is 5.10 Å². The number of nitrogens with zero attached hydrogens (tertiary/aromatic N) is 2. The summed E-state index contributed by atoms with van der Waals surface area (Å²) in [4.78, 5) is 23.9. The van der Waals surface area contributed by atoms with E-state index in [-0.39, 0.29) is 11.8 Å². The van der Waals surface area contributed by atoms with Crippen LogP contribution in [0.3, 0.4) is 0 Å². The molecule has 0 radical (unpaired) electrons. The molecule has 3 aromatic rings. The first-order chi connectivity index (χ1) is 13.9. The largest absolute Gasteiger partial charge is 0.446 e. The van der Waals surface area contributed by atoms with Crippen LogP contribution in [0.15, 0.2) is 65.8 Å². The van der Waals surface area contributed by atoms with E-state index in [1.165, 1.54) is 18.9 Å². The van der Waals surface area contributed by atoms with Crippen molar-refractivity contribution in [1.82, 2.24) is 5.01 Å². The molecule has 1 unspecified atom stereocenters. The van der Waals surface area contributed by atoms with Gasteiger partial charge in [0.1, 0.15) is 5.75 Å². The fourth-order valence-electron chi connectivity index (χ4n) is 3.22. The summed E-state index contributed by atoms with van der Waals surface area (Å²) in [6.07, 6.45) is -0.746. The Morgan fingerprint density at radius 3 is 2.45 bits per heavy atom. The summed E-state index contributed by atoms with van der Waals surface area (Å²) in [6, 6.07) is 18.1. The van der Waals surface area contributed by atoms with Gasteiger partial charge in [0.2, 0.25) is 18.0 Å². The van der Waals surface area contributed by atoms with Crippen molar-refractivity contribution in [2.45, 2.75) is 20.1 Å². The molecule has 0 bridgehead atoms. The molecule has 0 aliphatic carbocycles. The minimum absolute atomic E-state index is 0.202. The average molecular weight is 409 g/mol. The van der Waals surface area contributed by atoms with Gasteiger partial charge in [-0.1, -0.05) is 54.1 Å². The lowest BCUT2D eigenvalue weighted by atomic mass is 10.0. The summed E-state index contributed by atoms with van der Waals surface area (Å²) in [5.41, 5.74) is 1.23. The van der Waals surface area contributed by atoms with Crippen molar-refractivity contribution >= 4 is 40.1 Å². The Hall–Kier alpha value is -3.38. The number of carbonyl (C=O) groups is 2. The van der Waals surface area contributed by atoms with Crippen LogP contribution in [0.4, 0.5) is 0 Å². The molecular formula is C22H17ClN2O4. The normalized spacial score (nSPS) is 15.8. The second-order valence-electron chi connectivity index (χ2n) is 6.54. The van der Waals surface area contributed by atoms with Gasteiger partial charge < -0.3 is 9.47 Å². The van der Waals surface area contributed by atoms with E-state index in [1.54, 1.807) is 30.3 Å². The van der Waals surface area contributed by atoms with E-state index in [9.17, 15) is 9.59 Å². The third-order valence-corrected chi connectivity index (χ3v) is 4.73. The van der Waals surface area contributed by atoms with E-state index in [0.717, 1.165) is 16.3 Å². The summed E-state index contributed by atoms with van der Waals surface area (Å²) >= 11 is 5.98. The summed E-state index contributed by atoms with van der Waals surface area (Å²) in [5.74, 6) is -0.226. The van der Waals surface area contributed by atoms with Crippen molar-refractivity contribution in [3.8, 4) is 5.75 Å². The molecule has 0 fully saturated rings. The predicted molar refractivity (Wildman–Crippen MR) is 110 cm³/mol. The maximum absolute atomic E-state index is 12.2. The monoisotopic (exact) mass is 408 g/mol. The molecule has 0 aromatic heterocycles. The molecule has 1 heterocycles. The topological polar surface area (TPSA) is 68.2 Å². The van der Waals surface area contributed by atoms with E-state index in [0.29, 0.717) is 16.3 Å². The van der Waals surface area contributed by atoms with Gasteiger partial charge in [-0.25, -0.2) is 0 Å². The first kappa shape index (κ1) is 19.0.